The molecule has 9 heteroatoms. The standard InChI is InChI=1S/C21H22N6O3/c1-12-3-7-16(8-4-12)24-20(22)27-21-25-17(19(30)26-21)11-18(29)23-15-9-5-14(6-10-15)13(2)28/h3-10,17H,11H2,1-2H3,(H,23,29)(H4,22,24,25,26,27,30)/t17-/m1/s1. The van der Waals surface area contributed by atoms with Gasteiger partial charge in [0.2, 0.25) is 17.8 Å². The zero-order chi connectivity index (χ0) is 21.7. The second-order valence-corrected chi connectivity index (χ2v) is 6.83. The van der Waals surface area contributed by atoms with Crippen molar-refractivity contribution in [3.05, 3.63) is 59.7 Å². The lowest BCUT2D eigenvalue weighted by Gasteiger charge is -2.07. The number of anilines is 2. The number of nitrogens with one attached hydrogen (secondary N) is 3. The largest absolute Gasteiger partial charge is 0.369 e. The van der Waals surface area contributed by atoms with Gasteiger partial charge in [-0.1, -0.05) is 17.7 Å². The highest BCUT2D eigenvalue weighted by Crippen LogP contribution is 2.13. The lowest BCUT2D eigenvalue weighted by molar-refractivity contribution is -0.123. The summed E-state index contributed by atoms with van der Waals surface area (Å²) < 4.78 is 0. The number of hydrogen-bond donors (Lipinski definition) is 4. The Kier molecular flexibility index (Phi) is 6.21. The van der Waals surface area contributed by atoms with Gasteiger partial charge in [-0.3, -0.25) is 19.7 Å². The van der Waals surface area contributed by atoms with Crippen LogP contribution in [0.3, 0.4) is 0 Å². The van der Waals surface area contributed by atoms with E-state index in [0.717, 1.165) is 11.3 Å². The average molecular weight is 406 g/mol. The highest BCUT2D eigenvalue weighted by molar-refractivity contribution is 6.11. The molecule has 2 aromatic rings. The Morgan fingerprint density at radius 2 is 1.67 bits per heavy atom. The van der Waals surface area contributed by atoms with Gasteiger partial charge >= 0.3 is 0 Å². The van der Waals surface area contributed by atoms with Crippen molar-refractivity contribution in [1.82, 2.24) is 5.32 Å². The van der Waals surface area contributed by atoms with Crippen molar-refractivity contribution >= 4 is 40.9 Å². The van der Waals surface area contributed by atoms with Crippen LogP contribution in [0.5, 0.6) is 0 Å². The van der Waals surface area contributed by atoms with Crippen molar-refractivity contribution < 1.29 is 14.4 Å². The number of Topliss-reactive ketones (excluding diaryl/α,β-unsaturated/α-hetero) is 1. The Hall–Kier alpha value is -4.01. The molecule has 0 saturated heterocycles. The van der Waals surface area contributed by atoms with Gasteiger partial charge in [-0.2, -0.15) is 4.99 Å². The smallest absolute Gasteiger partial charge is 0.252 e. The number of rotatable bonds is 5. The molecule has 0 spiro atoms. The molecule has 1 aliphatic rings. The van der Waals surface area contributed by atoms with E-state index in [-0.39, 0.29) is 30.0 Å². The van der Waals surface area contributed by atoms with Crippen molar-refractivity contribution in [3.63, 3.8) is 0 Å². The molecule has 0 unspecified atom stereocenters. The summed E-state index contributed by atoms with van der Waals surface area (Å²) in [5.74, 6) is -0.771. The lowest BCUT2D eigenvalue weighted by Crippen LogP contribution is -2.32. The first-order valence-corrected chi connectivity index (χ1v) is 9.27. The molecular formula is C21H22N6O3. The summed E-state index contributed by atoms with van der Waals surface area (Å²) in [6, 6.07) is 13.1. The van der Waals surface area contributed by atoms with Crippen molar-refractivity contribution in [3.8, 4) is 0 Å². The number of aryl methyl sites for hydroxylation is 1. The van der Waals surface area contributed by atoms with Gasteiger partial charge in [-0.25, -0.2) is 4.99 Å². The molecule has 0 fully saturated rings. The van der Waals surface area contributed by atoms with E-state index in [2.05, 4.69) is 25.9 Å². The first kappa shape index (κ1) is 20.7. The molecule has 9 nitrogen and oxygen atoms in total. The molecule has 2 amide bonds. The van der Waals surface area contributed by atoms with Gasteiger partial charge in [-0.15, -0.1) is 0 Å². The Morgan fingerprint density at radius 1 is 1.07 bits per heavy atom. The zero-order valence-corrected chi connectivity index (χ0v) is 16.6. The SMILES string of the molecule is CC(=O)c1ccc(NC(=O)C[C@H]2N=C(N=C(N)Nc3ccc(C)cc3)NC2=O)cc1. The number of aliphatic imine (C=N–C) groups is 2. The number of benzene rings is 2. The number of ketones is 1. The summed E-state index contributed by atoms with van der Waals surface area (Å²) in [5, 5.41) is 8.08. The molecule has 0 saturated carbocycles. The van der Waals surface area contributed by atoms with Gasteiger partial charge in [0.1, 0.15) is 6.04 Å². The molecule has 5 N–H and O–H groups in total. The minimum Gasteiger partial charge on any atom is -0.369 e. The van der Waals surface area contributed by atoms with Crippen LogP contribution in [0.25, 0.3) is 0 Å². The van der Waals surface area contributed by atoms with Crippen molar-refractivity contribution in [1.29, 1.82) is 0 Å². The molecule has 0 aromatic heterocycles. The van der Waals surface area contributed by atoms with Gasteiger partial charge in [0, 0.05) is 16.9 Å². The van der Waals surface area contributed by atoms with Gasteiger partial charge in [0.15, 0.2) is 5.78 Å². The number of nitrogens with zero attached hydrogens (tertiary/aromatic N) is 2. The Balaban J connectivity index is 1.58. The van der Waals surface area contributed by atoms with Crippen LogP contribution < -0.4 is 21.7 Å². The van der Waals surface area contributed by atoms with E-state index in [4.69, 9.17) is 5.73 Å². The van der Waals surface area contributed by atoms with Crippen LogP contribution >= 0.6 is 0 Å². The fraction of sp³-hybridized carbons (Fsp3) is 0.190. The number of hydrogen-bond acceptors (Lipinski definition) is 5. The fourth-order valence-corrected chi connectivity index (χ4v) is 2.73. The third-order valence-electron chi connectivity index (χ3n) is 4.32. The Morgan fingerprint density at radius 3 is 2.30 bits per heavy atom. The molecule has 154 valence electrons. The monoisotopic (exact) mass is 406 g/mol. The second-order valence-electron chi connectivity index (χ2n) is 6.83. The predicted molar refractivity (Wildman–Crippen MR) is 115 cm³/mol. The second kappa shape index (κ2) is 8.99. The number of carbonyl (C=O) groups is 3. The topological polar surface area (TPSA) is 138 Å². The van der Waals surface area contributed by atoms with Crippen LogP contribution in [0, 0.1) is 6.92 Å². The normalized spacial score (nSPS) is 15.9. The molecule has 1 atom stereocenters. The Bertz CT molecular complexity index is 1030. The first-order chi connectivity index (χ1) is 14.3. The van der Waals surface area contributed by atoms with E-state index in [9.17, 15) is 14.4 Å². The zero-order valence-electron chi connectivity index (χ0n) is 16.6. The van der Waals surface area contributed by atoms with E-state index in [1.165, 1.54) is 6.92 Å². The maximum atomic E-state index is 12.2. The average Bonchev–Trinajstić information content (AvgIpc) is 3.02. The van der Waals surface area contributed by atoms with E-state index >= 15 is 0 Å². The highest BCUT2D eigenvalue weighted by Gasteiger charge is 2.28. The molecule has 0 radical (unpaired) electrons. The third-order valence-corrected chi connectivity index (χ3v) is 4.32. The number of amides is 2. The summed E-state index contributed by atoms with van der Waals surface area (Å²) in [6.45, 7) is 3.44. The minimum absolute atomic E-state index is 0.0423. The van der Waals surface area contributed by atoms with Gasteiger partial charge in [0.25, 0.3) is 5.91 Å². The predicted octanol–water partition coefficient (Wildman–Crippen LogP) is 1.81. The number of guanidine groups is 2. The maximum Gasteiger partial charge on any atom is 0.252 e. The summed E-state index contributed by atoms with van der Waals surface area (Å²) >= 11 is 0. The van der Waals surface area contributed by atoms with E-state index in [1.54, 1.807) is 24.3 Å². The highest BCUT2D eigenvalue weighted by atomic mass is 16.2. The van der Waals surface area contributed by atoms with E-state index in [0.29, 0.717) is 11.3 Å². The van der Waals surface area contributed by atoms with Crippen molar-refractivity contribution in [2.75, 3.05) is 10.6 Å². The maximum absolute atomic E-state index is 12.2. The van der Waals surface area contributed by atoms with Crippen LogP contribution in [-0.4, -0.2) is 35.6 Å². The molecule has 30 heavy (non-hydrogen) atoms. The summed E-state index contributed by atoms with van der Waals surface area (Å²) in [7, 11) is 0. The molecular weight excluding hydrogens is 384 g/mol. The first-order valence-electron chi connectivity index (χ1n) is 9.27. The van der Waals surface area contributed by atoms with Crippen molar-refractivity contribution in [2.24, 2.45) is 15.7 Å². The summed E-state index contributed by atoms with van der Waals surface area (Å²) in [5.41, 5.74) is 8.79. The summed E-state index contributed by atoms with van der Waals surface area (Å²) in [4.78, 5) is 43.8. The number of nitrogens with two attached hydrogens (primary N) is 1. The van der Waals surface area contributed by atoms with Crippen LogP contribution in [-0.2, 0) is 9.59 Å². The summed E-state index contributed by atoms with van der Waals surface area (Å²) in [6.07, 6.45) is -0.148. The fourth-order valence-electron chi connectivity index (χ4n) is 2.73. The third kappa shape index (κ3) is 5.51. The van der Waals surface area contributed by atoms with E-state index in [1.807, 2.05) is 31.2 Å². The quantitative estimate of drug-likeness (QED) is 0.341. The molecule has 3 rings (SSSR count). The van der Waals surface area contributed by atoms with E-state index < -0.39 is 11.9 Å². The Labute approximate surface area is 173 Å². The van der Waals surface area contributed by atoms with Crippen molar-refractivity contribution in [2.45, 2.75) is 26.3 Å². The number of carbonyl (C=O) groups excluding carboxylic acids is 3. The van der Waals surface area contributed by atoms with Gasteiger partial charge in [-0.05, 0) is 50.2 Å². The molecule has 1 heterocycles. The van der Waals surface area contributed by atoms with Gasteiger partial charge < -0.3 is 16.4 Å². The van der Waals surface area contributed by atoms with Crippen LogP contribution in [0.4, 0.5) is 11.4 Å². The lowest BCUT2D eigenvalue weighted by atomic mass is 10.1. The molecule has 2 aromatic carbocycles. The minimum atomic E-state index is -0.896. The van der Waals surface area contributed by atoms with Crippen LogP contribution in [0.2, 0.25) is 0 Å². The molecule has 0 aliphatic carbocycles. The molecule has 0 bridgehead atoms. The molecule has 1 aliphatic heterocycles. The van der Waals surface area contributed by atoms with Crippen LogP contribution in [0.15, 0.2) is 58.5 Å². The van der Waals surface area contributed by atoms with Gasteiger partial charge in [0.05, 0.1) is 6.42 Å². The van der Waals surface area contributed by atoms with Crippen LogP contribution in [0.1, 0.15) is 29.3 Å².